The third-order valence-electron chi connectivity index (χ3n) is 8.29. The molecule has 13 nitrogen and oxygen atoms in total. The van der Waals surface area contributed by atoms with Crippen molar-refractivity contribution in [3.8, 4) is 0 Å². The predicted molar refractivity (Wildman–Crippen MR) is 182 cm³/mol. The molecule has 0 radical (unpaired) electrons. The maximum atomic E-state index is 14.3. The van der Waals surface area contributed by atoms with Crippen LogP contribution >= 0.6 is 0 Å². The fraction of sp³-hybridized carbons (Fsp3) is 0.143. The van der Waals surface area contributed by atoms with Crippen LogP contribution in [0.5, 0.6) is 0 Å². The van der Waals surface area contributed by atoms with Crippen molar-refractivity contribution >= 4 is 62.8 Å². The van der Waals surface area contributed by atoms with Gasteiger partial charge in [0.15, 0.2) is 6.17 Å². The lowest BCUT2D eigenvalue weighted by Gasteiger charge is -2.38. The maximum absolute atomic E-state index is 14.3. The first-order valence-electron chi connectivity index (χ1n) is 15.0. The second kappa shape index (κ2) is 12.8. The Morgan fingerprint density at radius 3 is 2.29 bits per heavy atom. The highest BCUT2D eigenvalue weighted by Crippen LogP contribution is 2.40. The van der Waals surface area contributed by atoms with Gasteiger partial charge >= 0.3 is 12.1 Å². The quantitative estimate of drug-likeness (QED) is 0.0775. The molecule has 5 aromatic carbocycles. The molecule has 13 heteroatoms. The molecule has 3 N–H and O–H groups in total. The molecule has 1 fully saturated rings. The van der Waals surface area contributed by atoms with Crippen LogP contribution < -0.4 is 15.6 Å². The Hall–Kier alpha value is -6.34. The molecule has 0 aliphatic carbocycles. The molecule has 0 bridgehead atoms. The maximum Gasteiger partial charge on any atom is 0.347 e. The highest BCUT2D eigenvalue weighted by atomic mass is 16.6. The van der Waals surface area contributed by atoms with E-state index in [1.54, 1.807) is 44.2 Å². The third-order valence-corrected chi connectivity index (χ3v) is 8.29. The molecule has 1 aliphatic heterocycles. The Labute approximate surface area is 274 Å². The van der Waals surface area contributed by atoms with E-state index in [2.05, 4.69) is 15.8 Å². The predicted octanol–water partition coefficient (Wildman–Crippen LogP) is 6.32. The molecule has 0 spiro atoms. The minimum atomic E-state index is -1.32. The van der Waals surface area contributed by atoms with Crippen LogP contribution in [0.15, 0.2) is 114 Å². The van der Waals surface area contributed by atoms with Gasteiger partial charge in [0.1, 0.15) is 6.54 Å². The number of hydrogen-bond acceptors (Lipinski definition) is 7. The molecule has 1 aliphatic rings. The number of hydroxylamine groups is 2. The lowest BCUT2D eigenvalue weighted by Crippen LogP contribution is -2.58. The summed E-state index contributed by atoms with van der Waals surface area (Å²) in [7, 11) is 0. The van der Waals surface area contributed by atoms with Crippen LogP contribution in [0.25, 0.3) is 21.5 Å². The van der Waals surface area contributed by atoms with Gasteiger partial charge in [-0.3, -0.25) is 25.0 Å². The smallest absolute Gasteiger partial charge is 0.306 e. The first kappa shape index (κ1) is 31.6. The van der Waals surface area contributed by atoms with E-state index in [1.807, 2.05) is 60.7 Å². The van der Waals surface area contributed by atoms with Crippen molar-refractivity contribution in [1.82, 2.24) is 15.4 Å². The zero-order chi connectivity index (χ0) is 34.0. The van der Waals surface area contributed by atoms with Gasteiger partial charge in [0.25, 0.3) is 11.6 Å². The summed E-state index contributed by atoms with van der Waals surface area (Å²) in [6, 6.07) is 29.8. The van der Waals surface area contributed by atoms with Crippen LogP contribution in [0, 0.1) is 10.1 Å². The van der Waals surface area contributed by atoms with Crippen LogP contribution in [-0.2, 0) is 4.79 Å². The summed E-state index contributed by atoms with van der Waals surface area (Å²) >= 11 is 0. The van der Waals surface area contributed by atoms with E-state index in [4.69, 9.17) is 0 Å². The summed E-state index contributed by atoms with van der Waals surface area (Å²) in [5, 5.41) is 33.0. The number of nitro groups is 1. The van der Waals surface area contributed by atoms with Crippen molar-refractivity contribution in [2.45, 2.75) is 25.6 Å². The van der Waals surface area contributed by atoms with Gasteiger partial charge in [-0.25, -0.2) is 15.0 Å². The molecule has 1 unspecified atom stereocenters. The molecule has 1 saturated heterocycles. The van der Waals surface area contributed by atoms with Crippen molar-refractivity contribution < 1.29 is 24.5 Å². The normalized spacial score (nSPS) is 15.6. The molecule has 1 atom stereocenters. The molecule has 242 valence electrons. The summed E-state index contributed by atoms with van der Waals surface area (Å²) in [5.74, 6) is -0.665. The van der Waals surface area contributed by atoms with E-state index in [1.165, 1.54) is 34.2 Å². The summed E-state index contributed by atoms with van der Waals surface area (Å²) in [5.41, 5.74) is 2.19. The van der Waals surface area contributed by atoms with E-state index < -0.39 is 41.1 Å². The van der Waals surface area contributed by atoms with Crippen LogP contribution in [0.3, 0.4) is 0 Å². The molecule has 0 saturated carbocycles. The number of carbonyl (C=O) groups is 3. The minimum Gasteiger partial charge on any atom is -0.306 e. The lowest BCUT2D eigenvalue weighted by molar-refractivity contribution is -0.384. The minimum absolute atomic E-state index is 0.132. The number of hydrogen-bond donors (Lipinski definition) is 3. The fourth-order valence-corrected chi connectivity index (χ4v) is 5.96. The Morgan fingerprint density at radius 2 is 1.56 bits per heavy atom. The highest BCUT2D eigenvalue weighted by molar-refractivity contribution is 6.07. The van der Waals surface area contributed by atoms with E-state index in [0.717, 1.165) is 16.2 Å². The van der Waals surface area contributed by atoms with Crippen molar-refractivity contribution in [1.29, 1.82) is 0 Å². The van der Waals surface area contributed by atoms with Gasteiger partial charge in [0, 0.05) is 28.5 Å². The number of nitrogens with one attached hydrogen (secondary N) is 2. The van der Waals surface area contributed by atoms with Crippen LogP contribution in [0.4, 0.5) is 26.7 Å². The van der Waals surface area contributed by atoms with Gasteiger partial charge in [-0.15, -0.1) is 0 Å². The SMILES string of the molecule is CC1(C)C(N(O)C(=O)Nc2cccc3ccccc23)N(c2cccc3ccccc23)C(=O)N1CC(=O)N/N=C\c1cccc([N+](=O)[O-])c1. The number of carbonyl (C=O) groups excluding carboxylic acids is 3. The Balaban J connectivity index is 1.31. The van der Waals surface area contributed by atoms with Crippen LogP contribution in [0.2, 0.25) is 0 Å². The molecular formula is C35H31N7O6. The summed E-state index contributed by atoms with van der Waals surface area (Å²) in [6.07, 6.45) is -0.0351. The number of urea groups is 2. The first-order valence-corrected chi connectivity index (χ1v) is 15.0. The largest absolute Gasteiger partial charge is 0.347 e. The van der Waals surface area contributed by atoms with Crippen LogP contribution in [0.1, 0.15) is 19.4 Å². The molecule has 48 heavy (non-hydrogen) atoms. The van der Waals surface area contributed by atoms with Gasteiger partial charge in [0.05, 0.1) is 28.1 Å². The number of hydrazone groups is 1. The average molecular weight is 646 g/mol. The standard InChI is InChI=1S/C35H31N7O6/c1-35(2)32(41(46)33(44)37-29-18-8-13-24-11-3-5-16-27(24)29)40(30-19-9-14-25-12-4-6-17-28(25)30)34(45)39(35)22-31(43)38-36-21-23-10-7-15-26(20-23)42(47)48/h3-21,32,46H,22H2,1-2H3,(H,37,44)(H,38,43)/b36-21-. The Kier molecular flexibility index (Phi) is 8.44. The van der Waals surface area contributed by atoms with Crippen LogP contribution in [-0.4, -0.2) is 62.5 Å². The number of anilines is 2. The van der Waals surface area contributed by atoms with Gasteiger partial charge in [0.2, 0.25) is 0 Å². The number of nitrogens with zero attached hydrogens (tertiary/aromatic N) is 5. The molecule has 6 rings (SSSR count). The summed E-state index contributed by atoms with van der Waals surface area (Å²) in [4.78, 5) is 54.2. The molecule has 0 aromatic heterocycles. The monoisotopic (exact) mass is 645 g/mol. The zero-order valence-corrected chi connectivity index (χ0v) is 26.0. The average Bonchev–Trinajstić information content (AvgIpc) is 3.28. The van der Waals surface area contributed by atoms with Gasteiger partial charge in [-0.05, 0) is 36.8 Å². The van der Waals surface area contributed by atoms with E-state index in [9.17, 15) is 29.7 Å². The molecule has 5 amide bonds. The number of fused-ring (bicyclic) bond motifs is 2. The summed E-state index contributed by atoms with van der Waals surface area (Å²) < 4.78 is 0. The second-order valence-electron chi connectivity index (χ2n) is 11.7. The van der Waals surface area contributed by atoms with E-state index in [0.29, 0.717) is 27.4 Å². The van der Waals surface area contributed by atoms with Gasteiger partial charge in [-0.1, -0.05) is 84.9 Å². The van der Waals surface area contributed by atoms with Crippen molar-refractivity contribution in [2.75, 3.05) is 16.8 Å². The third kappa shape index (κ3) is 5.97. The lowest BCUT2D eigenvalue weighted by atomic mass is 9.99. The zero-order valence-electron chi connectivity index (χ0n) is 26.0. The van der Waals surface area contributed by atoms with Crippen molar-refractivity contribution in [3.63, 3.8) is 0 Å². The van der Waals surface area contributed by atoms with Crippen molar-refractivity contribution in [3.05, 3.63) is 125 Å². The number of non-ortho nitro benzene ring substituents is 1. The summed E-state index contributed by atoms with van der Waals surface area (Å²) in [6.45, 7) is 2.82. The van der Waals surface area contributed by atoms with Crippen molar-refractivity contribution in [2.24, 2.45) is 5.10 Å². The van der Waals surface area contributed by atoms with Gasteiger partial charge in [-0.2, -0.15) is 10.2 Å². The fourth-order valence-electron chi connectivity index (χ4n) is 5.96. The molecule has 1 heterocycles. The number of rotatable bonds is 8. The Morgan fingerprint density at radius 1 is 0.938 bits per heavy atom. The number of nitro benzene ring substituents is 1. The second-order valence-corrected chi connectivity index (χ2v) is 11.7. The number of amides is 5. The van der Waals surface area contributed by atoms with Gasteiger partial charge < -0.3 is 10.2 Å². The number of benzene rings is 5. The topological polar surface area (TPSA) is 161 Å². The first-order chi connectivity index (χ1) is 23.1. The highest BCUT2D eigenvalue weighted by Gasteiger charge is 2.56. The molecular weight excluding hydrogens is 614 g/mol. The molecule has 5 aromatic rings. The Bertz CT molecular complexity index is 2090. The van der Waals surface area contributed by atoms with E-state index >= 15 is 0 Å². The van der Waals surface area contributed by atoms with E-state index in [-0.39, 0.29) is 5.69 Å².